The number of carbonyl (C=O) groups excluding carboxylic acids is 1. The molecule has 0 radical (unpaired) electrons. The zero-order valence-electron chi connectivity index (χ0n) is 12.0. The van der Waals surface area contributed by atoms with Gasteiger partial charge in [0.2, 0.25) is 0 Å². The Hall–Kier alpha value is -1.84. The summed E-state index contributed by atoms with van der Waals surface area (Å²) >= 11 is 6.13. The molecule has 3 nitrogen and oxygen atoms in total. The van der Waals surface area contributed by atoms with Crippen molar-refractivity contribution >= 4 is 23.1 Å². The van der Waals surface area contributed by atoms with Crippen LogP contribution in [0.15, 0.2) is 48.5 Å². The third-order valence-corrected chi connectivity index (χ3v) is 3.79. The second kappa shape index (κ2) is 7.25. The molecule has 1 atom stereocenters. The predicted octanol–water partition coefficient (Wildman–Crippen LogP) is 3.67. The molecule has 21 heavy (non-hydrogen) atoms. The number of rotatable bonds is 6. The highest BCUT2D eigenvalue weighted by Gasteiger charge is 2.17. The maximum absolute atomic E-state index is 12.5. The van der Waals surface area contributed by atoms with Crippen LogP contribution in [0.5, 0.6) is 0 Å². The van der Waals surface area contributed by atoms with Crippen LogP contribution in [0.2, 0.25) is 5.02 Å². The second-order valence-electron chi connectivity index (χ2n) is 4.92. The van der Waals surface area contributed by atoms with Gasteiger partial charge < -0.3 is 11.1 Å². The fourth-order valence-electron chi connectivity index (χ4n) is 2.15. The summed E-state index contributed by atoms with van der Waals surface area (Å²) < 4.78 is 0. The van der Waals surface area contributed by atoms with Crippen LogP contribution in [0.3, 0.4) is 0 Å². The van der Waals surface area contributed by atoms with Crippen LogP contribution in [0.25, 0.3) is 0 Å². The van der Waals surface area contributed by atoms with Gasteiger partial charge in [-0.1, -0.05) is 36.7 Å². The van der Waals surface area contributed by atoms with Gasteiger partial charge in [-0.25, -0.2) is 0 Å². The number of anilines is 1. The summed E-state index contributed by atoms with van der Waals surface area (Å²) in [6, 6.07) is 14.4. The Morgan fingerprint density at radius 2 is 1.86 bits per heavy atom. The normalized spacial score (nSPS) is 12.1. The van der Waals surface area contributed by atoms with Crippen LogP contribution < -0.4 is 11.1 Å². The van der Waals surface area contributed by atoms with Gasteiger partial charge in [0.1, 0.15) is 0 Å². The van der Waals surface area contributed by atoms with Crippen molar-refractivity contribution < 1.29 is 4.79 Å². The monoisotopic (exact) mass is 302 g/mol. The minimum Gasteiger partial charge on any atom is -0.399 e. The molecule has 3 N–H and O–H groups in total. The van der Waals surface area contributed by atoms with Gasteiger partial charge in [-0.3, -0.25) is 4.79 Å². The van der Waals surface area contributed by atoms with Crippen LogP contribution >= 0.6 is 11.6 Å². The summed E-state index contributed by atoms with van der Waals surface area (Å²) in [5.41, 5.74) is 7.96. The summed E-state index contributed by atoms with van der Waals surface area (Å²) in [6.07, 6.45) is 0.716. The average Bonchev–Trinajstić information content (AvgIpc) is 2.50. The minimum absolute atomic E-state index is 0.0737. The molecule has 1 unspecified atom stereocenters. The maximum atomic E-state index is 12.5. The first-order chi connectivity index (χ1) is 10.1. The molecular weight excluding hydrogens is 284 g/mol. The summed E-state index contributed by atoms with van der Waals surface area (Å²) in [7, 11) is 0. The first-order valence-electron chi connectivity index (χ1n) is 6.98. The zero-order chi connectivity index (χ0) is 15.2. The van der Waals surface area contributed by atoms with E-state index in [1.54, 1.807) is 24.3 Å². The molecule has 0 spiro atoms. The van der Waals surface area contributed by atoms with Crippen molar-refractivity contribution in [2.24, 2.45) is 0 Å². The Morgan fingerprint density at radius 1 is 1.19 bits per heavy atom. The molecule has 0 fully saturated rings. The lowest BCUT2D eigenvalue weighted by molar-refractivity contribution is 0.0939. The molecule has 2 aromatic rings. The van der Waals surface area contributed by atoms with Crippen molar-refractivity contribution in [2.75, 3.05) is 5.73 Å². The molecule has 2 rings (SSSR count). The zero-order valence-corrected chi connectivity index (χ0v) is 12.7. The van der Waals surface area contributed by atoms with Gasteiger partial charge in [-0.05, 0) is 42.3 Å². The highest BCUT2D eigenvalue weighted by atomic mass is 35.5. The second-order valence-corrected chi connectivity index (χ2v) is 5.33. The van der Waals surface area contributed by atoms with E-state index in [4.69, 9.17) is 17.3 Å². The quantitative estimate of drug-likeness (QED) is 0.632. The molecule has 4 heteroatoms. The van der Waals surface area contributed by atoms with E-state index >= 15 is 0 Å². The Kier molecular flexibility index (Phi) is 5.37. The summed E-state index contributed by atoms with van der Waals surface area (Å²) in [4.78, 5) is 12.5. The van der Waals surface area contributed by atoms with Gasteiger partial charge >= 0.3 is 0 Å². The van der Waals surface area contributed by atoms with Gasteiger partial charge in [0.25, 0.3) is 0 Å². The first-order valence-corrected chi connectivity index (χ1v) is 7.36. The van der Waals surface area contributed by atoms with Crippen LogP contribution in [0.4, 0.5) is 5.69 Å². The van der Waals surface area contributed by atoms with Gasteiger partial charge in [0, 0.05) is 22.8 Å². The lowest BCUT2D eigenvalue weighted by Crippen LogP contribution is -2.35. The van der Waals surface area contributed by atoms with Crippen molar-refractivity contribution in [3.05, 3.63) is 64.7 Å². The third-order valence-electron chi connectivity index (χ3n) is 3.42. The molecule has 0 bridgehead atoms. The van der Waals surface area contributed by atoms with Crippen LogP contribution in [-0.2, 0) is 6.54 Å². The van der Waals surface area contributed by atoms with Gasteiger partial charge in [0.05, 0.1) is 6.04 Å². The van der Waals surface area contributed by atoms with E-state index in [1.807, 2.05) is 31.2 Å². The fraction of sp³-hybridized carbons (Fsp3) is 0.235. The largest absolute Gasteiger partial charge is 0.399 e. The third kappa shape index (κ3) is 4.06. The number of hydrogen-bond acceptors (Lipinski definition) is 3. The molecule has 110 valence electrons. The van der Waals surface area contributed by atoms with Crippen LogP contribution in [-0.4, -0.2) is 11.8 Å². The number of benzene rings is 2. The van der Waals surface area contributed by atoms with Gasteiger partial charge in [0.15, 0.2) is 5.78 Å². The van der Waals surface area contributed by atoms with E-state index in [9.17, 15) is 4.79 Å². The van der Waals surface area contributed by atoms with E-state index in [-0.39, 0.29) is 11.8 Å². The van der Waals surface area contributed by atoms with E-state index in [2.05, 4.69) is 5.32 Å². The highest BCUT2D eigenvalue weighted by molar-refractivity contribution is 6.31. The number of nitrogens with two attached hydrogens (primary N) is 1. The standard InChI is InChI=1S/C17H19ClN2O/c1-2-16(17(21)12-7-9-14(19)10-8-12)20-11-13-5-3-4-6-15(13)18/h3-10,16,20H,2,11,19H2,1H3. The van der Waals surface area contributed by atoms with E-state index in [0.717, 1.165) is 5.56 Å². The highest BCUT2D eigenvalue weighted by Crippen LogP contribution is 2.15. The number of nitrogens with one attached hydrogen (secondary N) is 1. The number of Topliss-reactive ketones (excluding diaryl/α,β-unsaturated/α-hetero) is 1. The van der Waals surface area contributed by atoms with Crippen molar-refractivity contribution in [3.63, 3.8) is 0 Å². The van der Waals surface area contributed by atoms with E-state index < -0.39 is 0 Å². The van der Waals surface area contributed by atoms with Crippen molar-refractivity contribution in [1.29, 1.82) is 0 Å². The molecule has 0 aliphatic rings. The Morgan fingerprint density at radius 3 is 2.48 bits per heavy atom. The molecule has 0 aromatic heterocycles. The first kappa shape index (κ1) is 15.5. The fourth-order valence-corrected chi connectivity index (χ4v) is 2.35. The van der Waals surface area contributed by atoms with Crippen molar-refractivity contribution in [3.8, 4) is 0 Å². The molecule has 0 amide bonds. The van der Waals surface area contributed by atoms with E-state index in [0.29, 0.717) is 29.2 Å². The van der Waals surface area contributed by atoms with Gasteiger partial charge in [-0.15, -0.1) is 0 Å². The molecule has 0 aliphatic heterocycles. The lowest BCUT2D eigenvalue weighted by Gasteiger charge is -2.16. The number of ketones is 1. The SMILES string of the molecule is CCC(NCc1ccccc1Cl)C(=O)c1ccc(N)cc1. The lowest BCUT2D eigenvalue weighted by atomic mass is 10.0. The maximum Gasteiger partial charge on any atom is 0.179 e. The minimum atomic E-state index is -0.232. The van der Waals surface area contributed by atoms with Crippen molar-refractivity contribution in [2.45, 2.75) is 25.9 Å². The summed E-state index contributed by atoms with van der Waals surface area (Å²) in [5, 5.41) is 3.98. The van der Waals surface area contributed by atoms with E-state index in [1.165, 1.54) is 0 Å². The Balaban J connectivity index is 2.04. The Bertz CT molecular complexity index is 610. The molecule has 0 aliphatic carbocycles. The summed E-state index contributed by atoms with van der Waals surface area (Å²) in [5.74, 6) is 0.0737. The molecule has 0 saturated heterocycles. The molecule has 2 aromatic carbocycles. The predicted molar refractivity (Wildman–Crippen MR) is 87.6 cm³/mol. The average molecular weight is 303 g/mol. The Labute approximate surface area is 130 Å². The van der Waals surface area contributed by atoms with Gasteiger partial charge in [-0.2, -0.15) is 0 Å². The number of nitrogen functional groups attached to an aromatic ring is 1. The molecular formula is C17H19ClN2O. The smallest absolute Gasteiger partial charge is 0.179 e. The summed E-state index contributed by atoms with van der Waals surface area (Å²) in [6.45, 7) is 2.55. The number of hydrogen-bond donors (Lipinski definition) is 2. The molecule has 0 heterocycles. The topological polar surface area (TPSA) is 55.1 Å². The van der Waals surface area contributed by atoms with Crippen molar-refractivity contribution in [1.82, 2.24) is 5.32 Å². The number of halogens is 1. The molecule has 0 saturated carbocycles. The van der Waals surface area contributed by atoms with Crippen LogP contribution in [0, 0.1) is 0 Å². The van der Waals surface area contributed by atoms with Crippen LogP contribution in [0.1, 0.15) is 29.3 Å². The number of carbonyl (C=O) groups is 1.